The van der Waals surface area contributed by atoms with Crippen LogP contribution in [0.4, 0.5) is 0 Å². The fourth-order valence-electron chi connectivity index (χ4n) is 3.44. The predicted molar refractivity (Wildman–Crippen MR) is 103 cm³/mol. The van der Waals surface area contributed by atoms with E-state index in [1.165, 1.54) is 19.3 Å². The topological polar surface area (TPSA) is 72.9 Å². The molecule has 1 aromatic heterocycles. The van der Waals surface area contributed by atoms with Gasteiger partial charge in [-0.15, -0.1) is 24.8 Å². The van der Waals surface area contributed by atoms with Crippen LogP contribution in [0.15, 0.2) is 12.4 Å². The van der Waals surface area contributed by atoms with Crippen LogP contribution >= 0.6 is 24.8 Å². The average molecular weight is 379 g/mol. The number of nitrogens with two attached hydrogens (primary N) is 1. The molecule has 0 aliphatic heterocycles. The lowest BCUT2D eigenvalue weighted by atomic mass is 9.71. The summed E-state index contributed by atoms with van der Waals surface area (Å²) in [6.07, 6.45) is 10.3. The summed E-state index contributed by atoms with van der Waals surface area (Å²) >= 11 is 0. The number of carbonyl (C=O) groups is 1. The van der Waals surface area contributed by atoms with E-state index in [4.69, 9.17) is 5.73 Å². The van der Waals surface area contributed by atoms with E-state index in [2.05, 4.69) is 21.8 Å². The first-order chi connectivity index (χ1) is 10.5. The van der Waals surface area contributed by atoms with Crippen molar-refractivity contribution in [3.05, 3.63) is 18.2 Å². The summed E-state index contributed by atoms with van der Waals surface area (Å²) in [6.45, 7) is 6.37. The third-order valence-electron chi connectivity index (χ3n) is 4.96. The van der Waals surface area contributed by atoms with E-state index in [1.54, 1.807) is 0 Å². The number of hydrogen-bond donors (Lipinski definition) is 2. The van der Waals surface area contributed by atoms with Crippen molar-refractivity contribution in [2.75, 3.05) is 13.1 Å². The number of hydrogen-bond acceptors (Lipinski definition) is 3. The molecule has 0 saturated heterocycles. The van der Waals surface area contributed by atoms with Crippen molar-refractivity contribution in [2.45, 2.75) is 58.9 Å². The lowest BCUT2D eigenvalue weighted by Crippen LogP contribution is -2.39. The highest BCUT2D eigenvalue weighted by Crippen LogP contribution is 2.38. The molecule has 1 aromatic rings. The Kier molecular flexibility index (Phi) is 10.6. The molecule has 1 unspecified atom stereocenters. The highest BCUT2D eigenvalue weighted by Gasteiger charge is 2.32. The Hall–Kier alpha value is -0.780. The van der Waals surface area contributed by atoms with Gasteiger partial charge in [0.05, 0.1) is 0 Å². The smallest absolute Gasteiger partial charge is 0.220 e. The number of amides is 1. The third kappa shape index (κ3) is 6.61. The summed E-state index contributed by atoms with van der Waals surface area (Å²) in [7, 11) is 0. The number of carbonyl (C=O) groups excluding carboxylic acids is 1. The van der Waals surface area contributed by atoms with E-state index in [1.807, 2.05) is 19.3 Å². The first-order valence-corrected chi connectivity index (χ1v) is 8.49. The van der Waals surface area contributed by atoms with Crippen molar-refractivity contribution in [1.29, 1.82) is 0 Å². The zero-order valence-corrected chi connectivity index (χ0v) is 16.4. The Morgan fingerprint density at radius 1 is 1.38 bits per heavy atom. The fraction of sp³-hybridized carbons (Fsp3) is 0.765. The Labute approximate surface area is 158 Å². The number of halogens is 2. The molecular formula is C17H32Cl2N4O. The predicted octanol–water partition coefficient (Wildman–Crippen LogP) is 3.09. The highest BCUT2D eigenvalue weighted by atomic mass is 35.5. The summed E-state index contributed by atoms with van der Waals surface area (Å²) in [4.78, 5) is 16.5. The highest BCUT2D eigenvalue weighted by molar-refractivity contribution is 5.85. The van der Waals surface area contributed by atoms with Gasteiger partial charge in [0, 0.05) is 31.9 Å². The maximum Gasteiger partial charge on any atom is 0.220 e. The Morgan fingerprint density at radius 2 is 2.04 bits per heavy atom. The van der Waals surface area contributed by atoms with Crippen LogP contribution in [0, 0.1) is 18.3 Å². The molecule has 0 aromatic carbocycles. The lowest BCUT2D eigenvalue weighted by Gasteiger charge is -2.35. The first-order valence-electron chi connectivity index (χ1n) is 8.49. The molecular weight excluding hydrogens is 347 g/mol. The van der Waals surface area contributed by atoms with Crippen molar-refractivity contribution in [1.82, 2.24) is 14.9 Å². The van der Waals surface area contributed by atoms with Crippen molar-refractivity contribution in [3.8, 4) is 0 Å². The van der Waals surface area contributed by atoms with E-state index in [-0.39, 0.29) is 36.1 Å². The first kappa shape index (κ1) is 23.2. The second-order valence-electron chi connectivity index (χ2n) is 6.98. The molecule has 0 bridgehead atoms. The van der Waals surface area contributed by atoms with Crippen LogP contribution in [-0.2, 0) is 11.3 Å². The molecule has 1 amide bonds. The van der Waals surface area contributed by atoms with Crippen LogP contribution in [0.3, 0.4) is 0 Å². The SMILES string of the molecule is Cc1nccn1CC(C)CNC(=O)CC1(CN)CCCCC1.Cl.Cl. The second-order valence-corrected chi connectivity index (χ2v) is 6.98. The standard InChI is InChI=1S/C17H30N4O.2ClH/c1-14(12-21-9-8-19-15(21)2)11-20-16(22)10-17(13-18)6-4-3-5-7-17;;/h8-9,14H,3-7,10-13,18H2,1-2H3,(H,20,22);2*1H. The summed E-state index contributed by atoms with van der Waals surface area (Å²) in [6, 6.07) is 0. The van der Waals surface area contributed by atoms with Gasteiger partial charge in [-0.3, -0.25) is 4.79 Å². The minimum Gasteiger partial charge on any atom is -0.356 e. The number of nitrogens with one attached hydrogen (secondary N) is 1. The number of rotatable bonds is 7. The molecule has 1 heterocycles. The maximum absolute atomic E-state index is 12.3. The van der Waals surface area contributed by atoms with Gasteiger partial charge in [0.2, 0.25) is 5.91 Å². The number of nitrogens with zero attached hydrogens (tertiary/aromatic N) is 2. The molecule has 0 radical (unpaired) electrons. The van der Waals surface area contributed by atoms with Crippen molar-refractivity contribution in [3.63, 3.8) is 0 Å². The van der Waals surface area contributed by atoms with Gasteiger partial charge >= 0.3 is 0 Å². The van der Waals surface area contributed by atoms with Crippen molar-refractivity contribution in [2.24, 2.45) is 17.1 Å². The Balaban J connectivity index is 0.00000264. The van der Waals surface area contributed by atoms with E-state index in [0.717, 1.165) is 25.2 Å². The summed E-state index contributed by atoms with van der Waals surface area (Å²) in [5.41, 5.74) is 6.01. The average Bonchev–Trinajstić information content (AvgIpc) is 2.91. The maximum atomic E-state index is 12.3. The fourth-order valence-corrected chi connectivity index (χ4v) is 3.44. The molecule has 1 aliphatic rings. The Morgan fingerprint density at radius 3 is 2.58 bits per heavy atom. The van der Waals surface area contributed by atoms with E-state index in [0.29, 0.717) is 25.4 Å². The van der Waals surface area contributed by atoms with E-state index < -0.39 is 0 Å². The normalized spacial score (nSPS) is 17.3. The molecule has 0 spiro atoms. The van der Waals surface area contributed by atoms with E-state index in [9.17, 15) is 4.79 Å². The van der Waals surface area contributed by atoms with Crippen LogP contribution < -0.4 is 11.1 Å². The van der Waals surface area contributed by atoms with Gasteiger partial charge in [-0.25, -0.2) is 4.98 Å². The van der Waals surface area contributed by atoms with Gasteiger partial charge < -0.3 is 15.6 Å². The van der Waals surface area contributed by atoms with Crippen LogP contribution in [0.1, 0.15) is 51.3 Å². The zero-order valence-electron chi connectivity index (χ0n) is 14.8. The van der Waals surface area contributed by atoms with Gasteiger partial charge in [0.1, 0.15) is 5.82 Å². The molecule has 7 heteroatoms. The van der Waals surface area contributed by atoms with Gasteiger partial charge in [0.15, 0.2) is 0 Å². The largest absolute Gasteiger partial charge is 0.356 e. The van der Waals surface area contributed by atoms with Gasteiger partial charge in [-0.1, -0.05) is 26.2 Å². The van der Waals surface area contributed by atoms with Gasteiger partial charge in [-0.05, 0) is 37.6 Å². The number of aryl methyl sites for hydroxylation is 1. The summed E-state index contributed by atoms with van der Waals surface area (Å²) in [5.74, 6) is 1.56. The quantitative estimate of drug-likeness (QED) is 0.765. The Bertz CT molecular complexity index is 487. The lowest BCUT2D eigenvalue weighted by molar-refractivity contribution is -0.124. The zero-order chi connectivity index (χ0) is 16.0. The summed E-state index contributed by atoms with van der Waals surface area (Å²) < 4.78 is 2.12. The van der Waals surface area contributed by atoms with Crippen LogP contribution in [-0.4, -0.2) is 28.5 Å². The monoisotopic (exact) mass is 378 g/mol. The van der Waals surface area contributed by atoms with Crippen LogP contribution in [0.25, 0.3) is 0 Å². The van der Waals surface area contributed by atoms with E-state index >= 15 is 0 Å². The van der Waals surface area contributed by atoms with Crippen molar-refractivity contribution < 1.29 is 4.79 Å². The molecule has 1 saturated carbocycles. The molecule has 5 nitrogen and oxygen atoms in total. The van der Waals surface area contributed by atoms with Gasteiger partial charge in [0.25, 0.3) is 0 Å². The van der Waals surface area contributed by atoms with Crippen LogP contribution in [0.2, 0.25) is 0 Å². The molecule has 1 atom stereocenters. The van der Waals surface area contributed by atoms with Gasteiger partial charge in [-0.2, -0.15) is 0 Å². The molecule has 1 fully saturated rings. The summed E-state index contributed by atoms with van der Waals surface area (Å²) in [5, 5.41) is 3.09. The minimum atomic E-state index is 0. The van der Waals surface area contributed by atoms with Crippen molar-refractivity contribution >= 4 is 30.7 Å². The molecule has 2 rings (SSSR count). The van der Waals surface area contributed by atoms with Crippen LogP contribution in [0.5, 0.6) is 0 Å². The molecule has 1 aliphatic carbocycles. The molecule has 3 N–H and O–H groups in total. The third-order valence-corrected chi connectivity index (χ3v) is 4.96. The minimum absolute atomic E-state index is 0. The second kappa shape index (κ2) is 11.0. The molecule has 24 heavy (non-hydrogen) atoms. The number of aromatic nitrogens is 2. The number of imidazole rings is 1. The molecule has 140 valence electrons.